The van der Waals surface area contributed by atoms with E-state index in [-0.39, 0.29) is 6.04 Å². The summed E-state index contributed by atoms with van der Waals surface area (Å²) in [6, 6.07) is 13.8. The molecule has 0 saturated carbocycles. The van der Waals surface area contributed by atoms with E-state index in [4.69, 9.17) is 0 Å². The highest BCUT2D eigenvalue weighted by molar-refractivity contribution is 7.89. The van der Waals surface area contributed by atoms with Crippen molar-refractivity contribution in [1.82, 2.24) is 19.2 Å². The number of aromatic amines is 1. The van der Waals surface area contributed by atoms with E-state index in [2.05, 4.69) is 53.1 Å². The normalized spacial score (nSPS) is 26.1. The molecule has 0 amide bonds. The summed E-state index contributed by atoms with van der Waals surface area (Å²) in [5, 5.41) is 0. The third-order valence-corrected chi connectivity index (χ3v) is 8.23. The van der Waals surface area contributed by atoms with Crippen LogP contribution in [0.25, 0.3) is 11.0 Å². The molecule has 1 aromatic heterocycles. The molecule has 0 spiro atoms. The number of rotatable bonds is 3. The second kappa shape index (κ2) is 6.40. The number of aryl methyl sites for hydroxylation is 1. The van der Waals surface area contributed by atoms with Gasteiger partial charge in [-0.05, 0) is 55.1 Å². The molecule has 0 aliphatic carbocycles. The second-order valence-corrected chi connectivity index (χ2v) is 10.0. The molecule has 146 valence electrons. The quantitative estimate of drug-likeness (QED) is 0.739. The minimum atomic E-state index is -3.52. The van der Waals surface area contributed by atoms with E-state index in [1.54, 1.807) is 28.8 Å². The van der Waals surface area contributed by atoms with Gasteiger partial charge in [-0.15, -0.1) is 0 Å². The van der Waals surface area contributed by atoms with Crippen LogP contribution in [0, 0.1) is 18.8 Å². The van der Waals surface area contributed by atoms with Crippen LogP contribution in [0.3, 0.4) is 0 Å². The first kappa shape index (κ1) is 17.8. The Morgan fingerprint density at radius 2 is 1.93 bits per heavy atom. The summed E-state index contributed by atoms with van der Waals surface area (Å²) in [5.41, 5.74) is 4.11. The Balaban J connectivity index is 1.45. The van der Waals surface area contributed by atoms with E-state index >= 15 is 0 Å². The Morgan fingerprint density at radius 3 is 2.75 bits per heavy atom. The fourth-order valence-electron chi connectivity index (χ4n) is 5.02. The van der Waals surface area contributed by atoms with Crippen molar-refractivity contribution in [1.29, 1.82) is 0 Å². The highest BCUT2D eigenvalue weighted by atomic mass is 32.2. The second-order valence-electron chi connectivity index (χ2n) is 8.07. The van der Waals surface area contributed by atoms with Gasteiger partial charge in [-0.2, -0.15) is 4.31 Å². The summed E-state index contributed by atoms with van der Waals surface area (Å²) < 4.78 is 28.3. The topological polar surface area (TPSA) is 69.3 Å². The van der Waals surface area contributed by atoms with Gasteiger partial charge in [0.15, 0.2) is 0 Å². The Morgan fingerprint density at radius 1 is 1.11 bits per heavy atom. The first-order valence-electron chi connectivity index (χ1n) is 9.64. The molecule has 1 N–H and O–H groups in total. The molecule has 6 nitrogen and oxygen atoms in total. The van der Waals surface area contributed by atoms with Gasteiger partial charge in [-0.1, -0.05) is 24.3 Å². The highest BCUT2D eigenvalue weighted by Crippen LogP contribution is 2.46. The third kappa shape index (κ3) is 2.69. The van der Waals surface area contributed by atoms with Gasteiger partial charge in [0.05, 0.1) is 22.3 Å². The number of sulfonamides is 1. The number of hydrogen-bond acceptors (Lipinski definition) is 4. The van der Waals surface area contributed by atoms with Crippen LogP contribution < -0.4 is 0 Å². The lowest BCUT2D eigenvalue weighted by Crippen LogP contribution is -2.33. The average molecular weight is 397 g/mol. The van der Waals surface area contributed by atoms with Crippen molar-refractivity contribution in [3.8, 4) is 0 Å². The lowest BCUT2D eigenvalue weighted by atomic mass is 9.88. The van der Waals surface area contributed by atoms with E-state index in [0.29, 0.717) is 29.8 Å². The van der Waals surface area contributed by atoms with Crippen molar-refractivity contribution in [2.45, 2.75) is 17.9 Å². The molecule has 0 radical (unpaired) electrons. The molecule has 2 aliphatic rings. The maximum Gasteiger partial charge on any atom is 0.243 e. The van der Waals surface area contributed by atoms with Crippen molar-refractivity contribution in [2.24, 2.45) is 11.8 Å². The van der Waals surface area contributed by atoms with Crippen molar-refractivity contribution >= 4 is 21.1 Å². The Kier molecular flexibility index (Phi) is 4.08. The number of fused-ring (bicyclic) bond motifs is 2. The van der Waals surface area contributed by atoms with Gasteiger partial charge >= 0.3 is 0 Å². The molecule has 2 fully saturated rings. The molecule has 2 saturated heterocycles. The highest BCUT2D eigenvalue weighted by Gasteiger charge is 2.49. The number of nitrogens with one attached hydrogen (secondary N) is 1. The SMILES string of the molecule is Cc1ccccc1[C@H]1[C@@H]2CN(S(=O)(=O)c3ccc4nc[nH]c4c3)C[C@@H]2CN1C. The largest absolute Gasteiger partial charge is 0.345 e. The fourth-order valence-corrected chi connectivity index (χ4v) is 6.59. The number of imidazole rings is 1. The molecule has 2 aromatic carbocycles. The first-order valence-corrected chi connectivity index (χ1v) is 11.1. The van der Waals surface area contributed by atoms with Crippen LogP contribution in [-0.4, -0.2) is 54.3 Å². The summed E-state index contributed by atoms with van der Waals surface area (Å²) in [6.45, 7) is 4.22. The number of H-pyrrole nitrogens is 1. The van der Waals surface area contributed by atoms with Crippen LogP contribution in [0.1, 0.15) is 17.2 Å². The fraction of sp³-hybridized carbons (Fsp3) is 0.381. The molecule has 0 bridgehead atoms. The number of likely N-dealkylation sites (tertiary alicyclic amines) is 1. The summed E-state index contributed by atoms with van der Waals surface area (Å²) in [6.07, 6.45) is 1.59. The Labute approximate surface area is 165 Å². The molecule has 3 atom stereocenters. The molecule has 28 heavy (non-hydrogen) atoms. The lowest BCUT2D eigenvalue weighted by Gasteiger charge is -2.27. The maximum atomic E-state index is 13.3. The first-order chi connectivity index (χ1) is 13.4. The summed E-state index contributed by atoms with van der Waals surface area (Å²) in [5.74, 6) is 0.678. The van der Waals surface area contributed by atoms with E-state index in [1.807, 2.05) is 0 Å². The molecule has 2 aliphatic heterocycles. The predicted octanol–water partition coefficient (Wildman–Crippen LogP) is 2.79. The van der Waals surface area contributed by atoms with Crippen LogP contribution in [0.4, 0.5) is 0 Å². The summed E-state index contributed by atoms with van der Waals surface area (Å²) in [4.78, 5) is 9.90. The molecule has 7 heteroatoms. The van der Waals surface area contributed by atoms with Gasteiger partial charge in [0, 0.05) is 25.7 Å². The van der Waals surface area contributed by atoms with Gasteiger partial charge in [0.1, 0.15) is 0 Å². The molecule has 3 heterocycles. The summed E-state index contributed by atoms with van der Waals surface area (Å²) >= 11 is 0. The third-order valence-electron chi connectivity index (χ3n) is 6.40. The standard InChI is InChI=1S/C21H24N4O2S/c1-14-5-3-4-6-17(14)21-18-12-25(11-15(18)10-24(21)2)28(26,27)16-7-8-19-20(9-16)23-13-22-19/h3-9,13,15,18,21H,10-12H2,1-2H3,(H,22,23)/t15-,18+,21-/m0/s1. The number of aromatic nitrogens is 2. The molecule has 0 unspecified atom stereocenters. The van der Waals surface area contributed by atoms with Crippen molar-refractivity contribution < 1.29 is 8.42 Å². The predicted molar refractivity (Wildman–Crippen MR) is 108 cm³/mol. The van der Waals surface area contributed by atoms with Crippen LogP contribution in [0.5, 0.6) is 0 Å². The van der Waals surface area contributed by atoms with Crippen molar-refractivity contribution in [2.75, 3.05) is 26.7 Å². The maximum absolute atomic E-state index is 13.3. The van der Waals surface area contributed by atoms with Crippen molar-refractivity contribution in [3.63, 3.8) is 0 Å². The van der Waals surface area contributed by atoms with E-state index in [9.17, 15) is 8.42 Å². The van der Waals surface area contributed by atoms with E-state index in [0.717, 1.165) is 17.6 Å². The zero-order valence-electron chi connectivity index (χ0n) is 16.0. The Hall–Kier alpha value is -2.22. The van der Waals surface area contributed by atoms with Gasteiger partial charge in [0.25, 0.3) is 0 Å². The molecular formula is C21H24N4O2S. The minimum Gasteiger partial charge on any atom is -0.345 e. The number of benzene rings is 2. The van der Waals surface area contributed by atoms with E-state index < -0.39 is 10.0 Å². The van der Waals surface area contributed by atoms with Crippen LogP contribution >= 0.6 is 0 Å². The van der Waals surface area contributed by atoms with Gasteiger partial charge in [-0.3, -0.25) is 4.90 Å². The summed E-state index contributed by atoms with van der Waals surface area (Å²) in [7, 11) is -1.36. The van der Waals surface area contributed by atoms with Crippen LogP contribution in [-0.2, 0) is 10.0 Å². The van der Waals surface area contributed by atoms with Gasteiger partial charge in [0.2, 0.25) is 10.0 Å². The van der Waals surface area contributed by atoms with Crippen LogP contribution in [0.15, 0.2) is 53.7 Å². The molecule has 5 rings (SSSR count). The van der Waals surface area contributed by atoms with Crippen LogP contribution in [0.2, 0.25) is 0 Å². The molecular weight excluding hydrogens is 372 g/mol. The Bertz CT molecular complexity index is 1140. The van der Waals surface area contributed by atoms with Gasteiger partial charge < -0.3 is 4.98 Å². The lowest BCUT2D eigenvalue weighted by molar-refractivity contribution is 0.260. The number of hydrogen-bond donors (Lipinski definition) is 1. The van der Waals surface area contributed by atoms with Crippen molar-refractivity contribution in [3.05, 3.63) is 59.9 Å². The van der Waals surface area contributed by atoms with E-state index in [1.165, 1.54) is 11.1 Å². The smallest absolute Gasteiger partial charge is 0.243 e. The minimum absolute atomic E-state index is 0.265. The number of nitrogens with zero attached hydrogens (tertiary/aromatic N) is 3. The zero-order valence-corrected chi connectivity index (χ0v) is 16.9. The van der Waals surface area contributed by atoms with Gasteiger partial charge in [-0.25, -0.2) is 13.4 Å². The zero-order chi connectivity index (χ0) is 19.5. The average Bonchev–Trinajstić information content (AvgIpc) is 3.36. The monoisotopic (exact) mass is 396 g/mol. The molecule has 3 aromatic rings.